The molecule has 0 aliphatic heterocycles. The van der Waals surface area contributed by atoms with Crippen LogP contribution in [-0.4, -0.2) is 24.9 Å². The molecule has 0 fully saturated rings. The first-order valence-electron chi connectivity index (χ1n) is 16.1. The zero-order valence-electron chi connectivity index (χ0n) is 26.2. The summed E-state index contributed by atoms with van der Waals surface area (Å²) in [6, 6.07) is 55.7. The second kappa shape index (κ2) is 12.3. The summed E-state index contributed by atoms with van der Waals surface area (Å²) in [6.07, 6.45) is 0. The molecule has 5 nitrogen and oxygen atoms in total. The number of hydrogen-bond donors (Lipinski definition) is 0. The van der Waals surface area contributed by atoms with Crippen molar-refractivity contribution in [2.45, 2.75) is 0 Å². The molecule has 0 radical (unpaired) electrons. The molecule has 0 saturated heterocycles. The summed E-state index contributed by atoms with van der Waals surface area (Å²) in [5.41, 5.74) is 7.96. The lowest BCUT2D eigenvalue weighted by molar-refractivity contribution is 1.08. The van der Waals surface area contributed by atoms with E-state index in [-0.39, 0.29) is 0 Å². The Kier molecular flexibility index (Phi) is 7.26. The van der Waals surface area contributed by atoms with Crippen LogP contribution in [0.3, 0.4) is 0 Å². The minimum Gasteiger partial charge on any atom is -0.227 e. The molecule has 6 aromatic carbocycles. The zero-order chi connectivity index (χ0) is 32.6. The summed E-state index contributed by atoms with van der Waals surface area (Å²) >= 11 is 1.67. The molecule has 0 bridgehead atoms. The number of nitrogens with zero attached hydrogens (tertiary/aromatic N) is 5. The van der Waals surface area contributed by atoms with Gasteiger partial charge in [0.1, 0.15) is 4.83 Å². The van der Waals surface area contributed by atoms with Gasteiger partial charge in [0, 0.05) is 43.3 Å². The highest BCUT2D eigenvalue weighted by atomic mass is 32.1. The SMILES string of the molecule is c1ccc(-c2ccc(-c3nc(-c4ccccc4)nc(-c4cccc5sc6nc(-c7ccccc7)nc(-c7ccccc7)c6c45)n3)cc2)cc1. The Morgan fingerprint density at radius 1 is 0.306 bits per heavy atom. The zero-order valence-corrected chi connectivity index (χ0v) is 27.0. The smallest absolute Gasteiger partial charge is 0.164 e. The van der Waals surface area contributed by atoms with Crippen molar-refractivity contribution < 1.29 is 0 Å². The topological polar surface area (TPSA) is 64.5 Å². The van der Waals surface area contributed by atoms with Gasteiger partial charge in [-0.2, -0.15) is 0 Å². The van der Waals surface area contributed by atoms with Gasteiger partial charge in [0.25, 0.3) is 0 Å². The quantitative estimate of drug-likeness (QED) is 0.180. The standard InChI is InChI=1S/C43H27N5S/c1-5-14-28(15-6-1)29-24-26-33(27-25-29)41-45-40(32-20-11-4-12-21-32)46-42(47-41)34-22-13-23-35-36(34)37-38(30-16-7-2-8-17-30)44-39(48-43(37)49-35)31-18-9-3-10-19-31/h1-27H. The third-order valence-corrected chi connectivity index (χ3v) is 9.65. The minimum atomic E-state index is 0.604. The largest absolute Gasteiger partial charge is 0.227 e. The number of fused-ring (bicyclic) bond motifs is 3. The summed E-state index contributed by atoms with van der Waals surface area (Å²) < 4.78 is 1.10. The Bertz CT molecular complexity index is 2570. The Hall–Kier alpha value is -6.37. The van der Waals surface area contributed by atoms with Crippen LogP contribution in [0.4, 0.5) is 0 Å². The van der Waals surface area contributed by atoms with Gasteiger partial charge in [0.15, 0.2) is 23.3 Å². The monoisotopic (exact) mass is 645 g/mol. The molecule has 0 unspecified atom stereocenters. The lowest BCUT2D eigenvalue weighted by atomic mass is 10.0. The molecule has 9 rings (SSSR count). The maximum absolute atomic E-state index is 5.20. The van der Waals surface area contributed by atoms with E-state index in [1.165, 1.54) is 5.56 Å². The van der Waals surface area contributed by atoms with Gasteiger partial charge in [0.2, 0.25) is 0 Å². The van der Waals surface area contributed by atoms with Gasteiger partial charge in [-0.1, -0.05) is 158 Å². The lowest BCUT2D eigenvalue weighted by Crippen LogP contribution is -2.00. The van der Waals surface area contributed by atoms with Gasteiger partial charge >= 0.3 is 0 Å². The molecule has 9 aromatic rings. The predicted molar refractivity (Wildman–Crippen MR) is 201 cm³/mol. The van der Waals surface area contributed by atoms with Crippen LogP contribution in [0.15, 0.2) is 164 Å². The number of benzene rings is 6. The average molecular weight is 646 g/mol. The van der Waals surface area contributed by atoms with Gasteiger partial charge in [-0.25, -0.2) is 24.9 Å². The van der Waals surface area contributed by atoms with E-state index in [1.807, 2.05) is 72.8 Å². The van der Waals surface area contributed by atoms with Crippen LogP contribution in [0.25, 0.3) is 88.2 Å². The first kappa shape index (κ1) is 28.8. The molecule has 0 saturated carbocycles. The molecule has 3 heterocycles. The van der Waals surface area contributed by atoms with E-state index in [1.54, 1.807) is 11.3 Å². The van der Waals surface area contributed by atoms with Crippen molar-refractivity contribution in [3.63, 3.8) is 0 Å². The number of hydrogen-bond acceptors (Lipinski definition) is 6. The van der Waals surface area contributed by atoms with E-state index in [0.29, 0.717) is 23.3 Å². The normalized spacial score (nSPS) is 11.3. The fourth-order valence-electron chi connectivity index (χ4n) is 6.21. The molecule has 3 aromatic heterocycles. The van der Waals surface area contributed by atoms with E-state index in [4.69, 9.17) is 24.9 Å². The fraction of sp³-hybridized carbons (Fsp3) is 0. The van der Waals surface area contributed by atoms with Crippen molar-refractivity contribution in [1.29, 1.82) is 0 Å². The average Bonchev–Trinajstić information content (AvgIpc) is 3.58. The van der Waals surface area contributed by atoms with Crippen molar-refractivity contribution in [3.05, 3.63) is 164 Å². The first-order valence-corrected chi connectivity index (χ1v) is 16.9. The van der Waals surface area contributed by atoms with E-state index >= 15 is 0 Å². The van der Waals surface area contributed by atoms with Crippen LogP contribution in [0.1, 0.15) is 0 Å². The number of rotatable bonds is 6. The third-order valence-electron chi connectivity index (χ3n) is 8.60. The second-order valence-corrected chi connectivity index (χ2v) is 12.7. The van der Waals surface area contributed by atoms with E-state index in [2.05, 4.69) is 91.0 Å². The second-order valence-electron chi connectivity index (χ2n) is 11.7. The highest BCUT2D eigenvalue weighted by molar-refractivity contribution is 7.25. The van der Waals surface area contributed by atoms with Crippen molar-refractivity contribution in [2.24, 2.45) is 0 Å². The summed E-state index contributed by atoms with van der Waals surface area (Å²) in [5.74, 6) is 2.54. The predicted octanol–water partition coefficient (Wildman–Crippen LogP) is 11.0. The van der Waals surface area contributed by atoms with Gasteiger partial charge in [0.05, 0.1) is 5.69 Å². The Morgan fingerprint density at radius 3 is 1.35 bits per heavy atom. The summed E-state index contributed by atoms with van der Waals surface area (Å²) in [4.78, 5) is 26.5. The Labute approximate surface area is 287 Å². The molecule has 0 atom stereocenters. The number of aromatic nitrogens is 5. The maximum Gasteiger partial charge on any atom is 0.164 e. The highest BCUT2D eigenvalue weighted by Crippen LogP contribution is 2.43. The molecular weight excluding hydrogens is 619 g/mol. The van der Waals surface area contributed by atoms with E-state index in [0.717, 1.165) is 59.4 Å². The van der Waals surface area contributed by atoms with Gasteiger partial charge in [-0.05, 0) is 17.2 Å². The van der Waals surface area contributed by atoms with Crippen LogP contribution in [0.5, 0.6) is 0 Å². The summed E-state index contributed by atoms with van der Waals surface area (Å²) in [7, 11) is 0. The highest BCUT2D eigenvalue weighted by Gasteiger charge is 2.21. The summed E-state index contributed by atoms with van der Waals surface area (Å²) in [6.45, 7) is 0. The van der Waals surface area contributed by atoms with Gasteiger partial charge in [-0.15, -0.1) is 11.3 Å². The van der Waals surface area contributed by atoms with Crippen molar-refractivity contribution in [2.75, 3.05) is 0 Å². The molecule has 0 aliphatic rings. The lowest BCUT2D eigenvalue weighted by Gasteiger charge is -2.11. The number of thiophene rings is 1. The maximum atomic E-state index is 5.20. The van der Waals surface area contributed by atoms with Crippen LogP contribution < -0.4 is 0 Å². The van der Waals surface area contributed by atoms with Crippen LogP contribution in [0.2, 0.25) is 0 Å². The van der Waals surface area contributed by atoms with Gasteiger partial charge in [-0.3, -0.25) is 0 Å². The third kappa shape index (κ3) is 5.44. The minimum absolute atomic E-state index is 0.604. The molecular formula is C43H27N5S. The molecule has 0 N–H and O–H groups in total. The Morgan fingerprint density at radius 2 is 0.755 bits per heavy atom. The van der Waals surface area contributed by atoms with Crippen LogP contribution in [0, 0.1) is 0 Å². The van der Waals surface area contributed by atoms with Crippen molar-refractivity contribution in [1.82, 2.24) is 24.9 Å². The van der Waals surface area contributed by atoms with E-state index < -0.39 is 0 Å². The molecule has 6 heteroatoms. The van der Waals surface area contributed by atoms with Crippen LogP contribution >= 0.6 is 11.3 Å². The van der Waals surface area contributed by atoms with Crippen molar-refractivity contribution >= 4 is 31.6 Å². The molecule has 0 amide bonds. The Balaban J connectivity index is 1.28. The van der Waals surface area contributed by atoms with Gasteiger partial charge < -0.3 is 0 Å². The fourth-order valence-corrected chi connectivity index (χ4v) is 7.31. The molecule has 0 aliphatic carbocycles. The van der Waals surface area contributed by atoms with E-state index in [9.17, 15) is 0 Å². The molecule has 230 valence electrons. The molecule has 0 spiro atoms. The van der Waals surface area contributed by atoms with Crippen LogP contribution in [-0.2, 0) is 0 Å². The molecule has 49 heavy (non-hydrogen) atoms. The summed E-state index contributed by atoms with van der Waals surface area (Å²) in [5, 5.41) is 2.04. The first-order chi connectivity index (χ1) is 24.3. The van der Waals surface area contributed by atoms with Crippen molar-refractivity contribution in [3.8, 4) is 67.9 Å².